The minimum absolute atomic E-state index is 0.227. The van der Waals surface area contributed by atoms with Crippen LogP contribution in [0.3, 0.4) is 0 Å². The predicted octanol–water partition coefficient (Wildman–Crippen LogP) is 3.44. The van der Waals surface area contributed by atoms with Crippen LogP contribution in [-0.4, -0.2) is 31.8 Å². The van der Waals surface area contributed by atoms with Crippen LogP contribution in [0.1, 0.15) is 6.42 Å². The molecule has 1 atom stereocenters. The minimum Gasteiger partial charge on any atom is -0.469 e. The molecule has 0 amide bonds. The molecule has 0 spiro atoms. The molecule has 0 bridgehead atoms. The summed E-state index contributed by atoms with van der Waals surface area (Å²) in [6.07, 6.45) is -0.514. The van der Waals surface area contributed by atoms with E-state index in [0.717, 1.165) is 14.2 Å². The number of carbonyl (C=O) groups is 2. The van der Waals surface area contributed by atoms with Gasteiger partial charge in [-0.1, -0.05) is 36.4 Å². The van der Waals surface area contributed by atoms with E-state index in [0.29, 0.717) is 0 Å². The molecule has 26 heavy (non-hydrogen) atoms. The van der Waals surface area contributed by atoms with Gasteiger partial charge >= 0.3 is 19.5 Å². The van der Waals surface area contributed by atoms with Crippen molar-refractivity contribution in [3.8, 4) is 11.5 Å². The van der Waals surface area contributed by atoms with Gasteiger partial charge < -0.3 is 18.5 Å². The van der Waals surface area contributed by atoms with E-state index in [1.54, 1.807) is 60.7 Å². The molecule has 2 aromatic carbocycles. The number of hydrogen-bond acceptors (Lipinski definition) is 7. The number of hydrogen-bond donors (Lipinski definition) is 0. The molecule has 0 radical (unpaired) electrons. The van der Waals surface area contributed by atoms with Gasteiger partial charge in [0.15, 0.2) is 5.66 Å². The van der Waals surface area contributed by atoms with Crippen molar-refractivity contribution in [2.75, 3.05) is 14.2 Å². The Morgan fingerprint density at radius 1 is 0.846 bits per heavy atom. The SMILES string of the molecule is COC(=O)CC(C(=O)OC)P(=O)(Oc1ccccc1)Oc1ccccc1. The Labute approximate surface area is 151 Å². The highest BCUT2D eigenvalue weighted by molar-refractivity contribution is 7.56. The second-order valence-corrected chi connectivity index (χ2v) is 7.24. The number of carbonyl (C=O) groups excluding carboxylic acids is 2. The Hall–Kier alpha value is -2.79. The van der Waals surface area contributed by atoms with E-state index in [1.165, 1.54) is 0 Å². The predicted molar refractivity (Wildman–Crippen MR) is 94.2 cm³/mol. The number of rotatable bonds is 8. The lowest BCUT2D eigenvalue weighted by molar-refractivity contribution is -0.147. The van der Waals surface area contributed by atoms with E-state index in [4.69, 9.17) is 13.8 Å². The average molecular weight is 378 g/mol. The van der Waals surface area contributed by atoms with Crippen LogP contribution in [0, 0.1) is 0 Å². The molecule has 0 aliphatic heterocycles. The van der Waals surface area contributed by atoms with E-state index in [2.05, 4.69) is 4.74 Å². The Bertz CT molecular complexity index is 731. The fourth-order valence-corrected chi connectivity index (χ4v) is 3.96. The van der Waals surface area contributed by atoms with Crippen molar-refractivity contribution in [3.05, 3.63) is 60.7 Å². The van der Waals surface area contributed by atoms with Crippen molar-refractivity contribution in [1.29, 1.82) is 0 Å². The van der Waals surface area contributed by atoms with Crippen molar-refractivity contribution in [2.24, 2.45) is 0 Å². The van der Waals surface area contributed by atoms with Crippen LogP contribution in [0.25, 0.3) is 0 Å². The molecule has 138 valence electrons. The van der Waals surface area contributed by atoms with Gasteiger partial charge in [-0.05, 0) is 24.3 Å². The van der Waals surface area contributed by atoms with Crippen LogP contribution in [0.2, 0.25) is 0 Å². The van der Waals surface area contributed by atoms with Crippen LogP contribution >= 0.6 is 7.60 Å². The molecule has 0 heterocycles. The molecule has 0 saturated carbocycles. The average Bonchev–Trinajstić information content (AvgIpc) is 2.66. The molecule has 8 heteroatoms. The molecule has 2 aromatic rings. The molecule has 0 N–H and O–H groups in total. The molecular formula is C18H19O7P. The van der Waals surface area contributed by atoms with Crippen LogP contribution in [0.4, 0.5) is 0 Å². The lowest BCUT2D eigenvalue weighted by Crippen LogP contribution is -2.30. The molecule has 0 fully saturated rings. The largest absolute Gasteiger partial charge is 0.469 e. The third-order valence-corrected chi connectivity index (χ3v) is 5.48. The Balaban J connectivity index is 2.43. The fraction of sp³-hybridized carbons (Fsp3) is 0.222. The summed E-state index contributed by atoms with van der Waals surface area (Å²) < 4.78 is 34.0. The lowest BCUT2D eigenvalue weighted by Gasteiger charge is -2.25. The summed E-state index contributed by atoms with van der Waals surface area (Å²) in [5, 5.41) is 0. The first-order chi connectivity index (χ1) is 12.5. The van der Waals surface area contributed by atoms with Gasteiger partial charge in [-0.15, -0.1) is 0 Å². The number of benzene rings is 2. The second kappa shape index (κ2) is 9.06. The van der Waals surface area contributed by atoms with Crippen LogP contribution in [0.5, 0.6) is 11.5 Å². The van der Waals surface area contributed by atoms with Gasteiger partial charge in [-0.25, -0.2) is 4.57 Å². The van der Waals surface area contributed by atoms with Crippen LogP contribution < -0.4 is 9.05 Å². The van der Waals surface area contributed by atoms with E-state index in [-0.39, 0.29) is 11.5 Å². The third kappa shape index (κ3) is 5.10. The van der Waals surface area contributed by atoms with Gasteiger partial charge in [0, 0.05) is 0 Å². The van der Waals surface area contributed by atoms with Crippen molar-refractivity contribution in [2.45, 2.75) is 12.1 Å². The van der Waals surface area contributed by atoms with Gasteiger partial charge in [-0.3, -0.25) is 9.59 Å². The molecule has 0 aromatic heterocycles. The van der Waals surface area contributed by atoms with E-state index in [1.807, 2.05) is 0 Å². The summed E-state index contributed by atoms with van der Waals surface area (Å²) in [6.45, 7) is 0. The topological polar surface area (TPSA) is 88.1 Å². The zero-order valence-electron chi connectivity index (χ0n) is 14.4. The standard InChI is InChI=1S/C18H19O7P/c1-22-17(19)13-16(18(20)23-2)26(21,24-14-9-5-3-6-10-14)25-15-11-7-4-8-12-15/h3-12,16H,13H2,1-2H3. The zero-order chi connectivity index (χ0) is 19.0. The Morgan fingerprint density at radius 2 is 1.31 bits per heavy atom. The van der Waals surface area contributed by atoms with E-state index < -0.39 is 31.6 Å². The number of esters is 2. The first-order valence-corrected chi connectivity index (χ1v) is 9.33. The van der Waals surface area contributed by atoms with Crippen LogP contribution in [-0.2, 0) is 23.6 Å². The molecular weight excluding hydrogens is 359 g/mol. The molecule has 1 unspecified atom stereocenters. The summed E-state index contributed by atoms with van der Waals surface area (Å²) >= 11 is 0. The fourth-order valence-electron chi connectivity index (χ4n) is 2.10. The highest BCUT2D eigenvalue weighted by atomic mass is 31.2. The van der Waals surface area contributed by atoms with Crippen LogP contribution in [0.15, 0.2) is 60.7 Å². The van der Waals surface area contributed by atoms with E-state index in [9.17, 15) is 14.2 Å². The van der Waals surface area contributed by atoms with Crippen molar-refractivity contribution < 1.29 is 32.7 Å². The quantitative estimate of drug-likeness (QED) is 0.513. The summed E-state index contributed by atoms with van der Waals surface area (Å²) in [5.74, 6) is -1.18. The second-order valence-electron chi connectivity index (χ2n) is 5.17. The maximum absolute atomic E-state index is 13.6. The Kier molecular flexibility index (Phi) is 6.81. The maximum Gasteiger partial charge on any atom is 0.445 e. The molecule has 2 rings (SSSR count). The number of ether oxygens (including phenoxy) is 2. The zero-order valence-corrected chi connectivity index (χ0v) is 15.3. The van der Waals surface area contributed by atoms with Gasteiger partial charge in [-0.2, -0.15) is 0 Å². The molecule has 0 saturated heterocycles. The minimum atomic E-state index is -4.19. The van der Waals surface area contributed by atoms with Crippen molar-refractivity contribution in [3.63, 3.8) is 0 Å². The third-order valence-electron chi connectivity index (χ3n) is 3.39. The van der Waals surface area contributed by atoms with Gasteiger partial charge in [0.05, 0.1) is 20.6 Å². The highest BCUT2D eigenvalue weighted by Crippen LogP contribution is 2.54. The lowest BCUT2D eigenvalue weighted by atomic mass is 10.3. The van der Waals surface area contributed by atoms with Gasteiger partial charge in [0.1, 0.15) is 11.5 Å². The summed E-state index contributed by atoms with van der Waals surface area (Å²) in [4.78, 5) is 24.0. The monoisotopic (exact) mass is 378 g/mol. The number of para-hydroxylation sites is 2. The van der Waals surface area contributed by atoms with Gasteiger partial charge in [0.2, 0.25) is 0 Å². The van der Waals surface area contributed by atoms with Crippen molar-refractivity contribution >= 4 is 19.5 Å². The molecule has 0 aliphatic carbocycles. The number of methoxy groups -OCH3 is 2. The maximum atomic E-state index is 13.6. The van der Waals surface area contributed by atoms with E-state index >= 15 is 0 Å². The molecule has 0 aliphatic rings. The first kappa shape index (κ1) is 19.5. The summed E-state index contributed by atoms with van der Waals surface area (Å²) in [5.41, 5.74) is -1.49. The first-order valence-electron chi connectivity index (χ1n) is 7.72. The Morgan fingerprint density at radius 3 is 1.69 bits per heavy atom. The normalized spacial score (nSPS) is 11.9. The molecule has 7 nitrogen and oxygen atoms in total. The summed E-state index contributed by atoms with van der Waals surface area (Å²) in [7, 11) is -1.90. The van der Waals surface area contributed by atoms with Gasteiger partial charge in [0.25, 0.3) is 0 Å². The van der Waals surface area contributed by atoms with Crippen molar-refractivity contribution in [1.82, 2.24) is 0 Å². The smallest absolute Gasteiger partial charge is 0.445 e. The highest BCUT2D eigenvalue weighted by Gasteiger charge is 2.47. The summed E-state index contributed by atoms with van der Waals surface area (Å²) in [6, 6.07) is 16.5.